The molecule has 3 aromatic carbocycles. The molecule has 1 atom stereocenters. The second-order valence-electron chi connectivity index (χ2n) is 9.57. The van der Waals surface area contributed by atoms with E-state index in [0.29, 0.717) is 27.9 Å². The largest absolute Gasteiger partial charge is 0.504 e. The van der Waals surface area contributed by atoms with Gasteiger partial charge in [-0.25, -0.2) is 0 Å². The van der Waals surface area contributed by atoms with Crippen LogP contribution in [0.5, 0.6) is 11.5 Å². The lowest BCUT2D eigenvalue weighted by atomic mass is 10.0. The van der Waals surface area contributed by atoms with Crippen molar-refractivity contribution in [1.29, 1.82) is 0 Å². The summed E-state index contributed by atoms with van der Waals surface area (Å²) in [4.78, 5) is 32.5. The Morgan fingerprint density at radius 2 is 1.73 bits per heavy atom. The predicted octanol–water partition coefficient (Wildman–Crippen LogP) is 4.60. The Labute approximate surface area is 221 Å². The van der Waals surface area contributed by atoms with Crippen LogP contribution >= 0.6 is 11.6 Å². The molecule has 2 amide bonds. The number of halogens is 1. The van der Waals surface area contributed by atoms with Crippen LogP contribution in [0.4, 0.5) is 5.69 Å². The molecule has 0 aliphatic carbocycles. The summed E-state index contributed by atoms with van der Waals surface area (Å²) in [7, 11) is 1.55. The topological polar surface area (TPSA) is 73.3 Å². The molecule has 2 aliphatic heterocycles. The molecule has 1 unspecified atom stereocenters. The van der Waals surface area contributed by atoms with Gasteiger partial charge < -0.3 is 14.7 Å². The minimum atomic E-state index is -0.279. The fourth-order valence-corrected chi connectivity index (χ4v) is 5.44. The SMILES string of the molecule is COc1cc(CC(C)N2CCN(c3cccc4c3C(=O)N(Cc3ccccc3Cl)C4=O)CC2)ccc1O. The number of ether oxygens (including phenoxy) is 1. The van der Waals surface area contributed by atoms with E-state index in [9.17, 15) is 14.7 Å². The molecule has 3 aromatic rings. The highest BCUT2D eigenvalue weighted by atomic mass is 35.5. The van der Waals surface area contributed by atoms with Gasteiger partial charge in [0.25, 0.3) is 11.8 Å². The zero-order chi connectivity index (χ0) is 26.1. The van der Waals surface area contributed by atoms with Crippen LogP contribution in [0.1, 0.15) is 38.8 Å². The molecule has 0 saturated carbocycles. The second kappa shape index (κ2) is 10.4. The van der Waals surface area contributed by atoms with E-state index in [1.807, 2.05) is 42.5 Å². The van der Waals surface area contributed by atoms with Gasteiger partial charge in [0.1, 0.15) is 0 Å². The molecule has 0 radical (unpaired) electrons. The van der Waals surface area contributed by atoms with Crippen molar-refractivity contribution >= 4 is 29.1 Å². The van der Waals surface area contributed by atoms with Crippen LogP contribution in [-0.2, 0) is 13.0 Å². The van der Waals surface area contributed by atoms with Crippen LogP contribution in [0.15, 0.2) is 60.7 Å². The molecule has 1 fully saturated rings. The number of nitrogens with zero attached hydrogens (tertiary/aromatic N) is 3. The van der Waals surface area contributed by atoms with Crippen molar-refractivity contribution in [1.82, 2.24) is 9.80 Å². The lowest BCUT2D eigenvalue weighted by Gasteiger charge is -2.39. The molecule has 8 heteroatoms. The maximum absolute atomic E-state index is 13.4. The zero-order valence-corrected chi connectivity index (χ0v) is 21.7. The van der Waals surface area contributed by atoms with E-state index in [1.54, 1.807) is 25.3 Å². The average molecular weight is 520 g/mol. The summed E-state index contributed by atoms with van der Waals surface area (Å²) in [5.74, 6) is 0.0718. The maximum Gasteiger partial charge on any atom is 0.263 e. The molecule has 5 rings (SSSR count). The number of hydrogen-bond donors (Lipinski definition) is 1. The fourth-order valence-electron chi connectivity index (χ4n) is 5.24. The minimum Gasteiger partial charge on any atom is -0.504 e. The van der Waals surface area contributed by atoms with Crippen molar-refractivity contribution < 1.29 is 19.4 Å². The highest BCUT2D eigenvalue weighted by molar-refractivity contribution is 6.31. The van der Waals surface area contributed by atoms with Crippen LogP contribution in [-0.4, -0.2) is 66.1 Å². The van der Waals surface area contributed by atoms with E-state index in [1.165, 1.54) is 4.90 Å². The molecule has 0 spiro atoms. The molecule has 1 saturated heterocycles. The quantitative estimate of drug-likeness (QED) is 0.460. The number of aromatic hydroxyl groups is 1. The Morgan fingerprint density at radius 3 is 2.46 bits per heavy atom. The number of carbonyl (C=O) groups is 2. The van der Waals surface area contributed by atoms with Gasteiger partial charge in [0.2, 0.25) is 0 Å². The van der Waals surface area contributed by atoms with E-state index < -0.39 is 0 Å². The van der Waals surface area contributed by atoms with Gasteiger partial charge in [0.15, 0.2) is 11.5 Å². The van der Waals surface area contributed by atoms with Gasteiger partial charge in [-0.2, -0.15) is 0 Å². The van der Waals surface area contributed by atoms with Crippen molar-refractivity contribution in [3.8, 4) is 11.5 Å². The number of imide groups is 1. The number of anilines is 1. The number of phenols is 1. The Kier molecular flexibility index (Phi) is 7.09. The van der Waals surface area contributed by atoms with Crippen LogP contribution in [0.2, 0.25) is 5.02 Å². The summed E-state index contributed by atoms with van der Waals surface area (Å²) in [6, 6.07) is 18.6. The first-order chi connectivity index (χ1) is 17.9. The van der Waals surface area contributed by atoms with Crippen molar-refractivity contribution in [2.75, 3.05) is 38.2 Å². The summed E-state index contributed by atoms with van der Waals surface area (Å²) in [5, 5.41) is 10.4. The Morgan fingerprint density at radius 1 is 0.973 bits per heavy atom. The van der Waals surface area contributed by atoms with Crippen molar-refractivity contribution in [2.45, 2.75) is 25.9 Å². The van der Waals surface area contributed by atoms with Crippen molar-refractivity contribution in [2.24, 2.45) is 0 Å². The van der Waals surface area contributed by atoms with E-state index in [2.05, 4.69) is 16.7 Å². The van der Waals surface area contributed by atoms with E-state index >= 15 is 0 Å². The molecule has 0 bridgehead atoms. The van der Waals surface area contributed by atoms with Crippen LogP contribution in [0, 0.1) is 0 Å². The smallest absolute Gasteiger partial charge is 0.263 e. The monoisotopic (exact) mass is 519 g/mol. The predicted molar refractivity (Wildman–Crippen MR) is 144 cm³/mol. The number of phenolic OH excluding ortho intramolecular Hbond substituents is 1. The van der Waals surface area contributed by atoms with E-state index in [4.69, 9.17) is 16.3 Å². The third-order valence-electron chi connectivity index (χ3n) is 7.32. The first-order valence-corrected chi connectivity index (χ1v) is 12.8. The molecule has 2 heterocycles. The molecule has 37 heavy (non-hydrogen) atoms. The molecule has 7 nitrogen and oxygen atoms in total. The minimum absolute atomic E-state index is 0.140. The number of rotatable bonds is 7. The van der Waals surface area contributed by atoms with Gasteiger partial charge in [-0.05, 0) is 54.8 Å². The zero-order valence-electron chi connectivity index (χ0n) is 21.0. The maximum atomic E-state index is 13.4. The molecule has 0 aromatic heterocycles. The third kappa shape index (κ3) is 4.89. The molecular formula is C29H30ClN3O4. The Balaban J connectivity index is 1.27. The van der Waals surface area contributed by atoms with Crippen LogP contribution < -0.4 is 9.64 Å². The number of carbonyl (C=O) groups excluding carboxylic acids is 2. The van der Waals surface area contributed by atoms with Gasteiger partial charge >= 0.3 is 0 Å². The number of piperazine rings is 1. The fraction of sp³-hybridized carbons (Fsp3) is 0.310. The Hall–Kier alpha value is -3.55. The number of fused-ring (bicyclic) bond motifs is 1. The number of benzene rings is 3. The van der Waals surface area contributed by atoms with Gasteiger partial charge in [-0.1, -0.05) is 41.9 Å². The molecular weight excluding hydrogens is 490 g/mol. The first-order valence-electron chi connectivity index (χ1n) is 12.4. The summed E-state index contributed by atoms with van der Waals surface area (Å²) in [5.41, 5.74) is 3.60. The highest BCUT2D eigenvalue weighted by Crippen LogP contribution is 2.34. The highest BCUT2D eigenvalue weighted by Gasteiger charge is 2.39. The summed E-state index contributed by atoms with van der Waals surface area (Å²) in [6.07, 6.45) is 0.835. The molecule has 192 valence electrons. The van der Waals surface area contributed by atoms with Gasteiger partial charge in [0.05, 0.1) is 30.5 Å². The van der Waals surface area contributed by atoms with Crippen LogP contribution in [0.25, 0.3) is 0 Å². The first kappa shape index (κ1) is 25.1. The normalized spacial score (nSPS) is 16.7. The van der Waals surface area contributed by atoms with E-state index in [-0.39, 0.29) is 24.1 Å². The standard InChI is InChI=1S/C29H30ClN3O4/c1-19(16-20-10-11-25(34)26(17-20)37-2)31-12-14-32(15-13-31)24-9-5-7-22-27(24)29(36)33(28(22)35)18-21-6-3-4-8-23(21)30/h3-11,17,19,34H,12-16,18H2,1-2H3. The lowest BCUT2D eigenvalue weighted by molar-refractivity contribution is 0.0642. The average Bonchev–Trinajstić information content (AvgIpc) is 3.16. The van der Waals surface area contributed by atoms with Gasteiger partial charge in [-0.3, -0.25) is 19.4 Å². The van der Waals surface area contributed by atoms with Gasteiger partial charge in [0, 0.05) is 37.2 Å². The Bertz CT molecular complexity index is 1340. The summed E-state index contributed by atoms with van der Waals surface area (Å²) < 4.78 is 5.24. The molecule has 1 N–H and O–H groups in total. The number of methoxy groups -OCH3 is 1. The van der Waals surface area contributed by atoms with E-state index in [0.717, 1.165) is 49.4 Å². The third-order valence-corrected chi connectivity index (χ3v) is 7.69. The summed E-state index contributed by atoms with van der Waals surface area (Å²) in [6.45, 7) is 5.54. The molecule has 2 aliphatic rings. The number of amides is 2. The van der Waals surface area contributed by atoms with Gasteiger partial charge in [-0.15, -0.1) is 0 Å². The van der Waals surface area contributed by atoms with Crippen molar-refractivity contribution in [3.05, 3.63) is 87.9 Å². The number of hydrogen-bond acceptors (Lipinski definition) is 6. The van der Waals surface area contributed by atoms with Crippen molar-refractivity contribution in [3.63, 3.8) is 0 Å². The van der Waals surface area contributed by atoms with Crippen LogP contribution in [0.3, 0.4) is 0 Å². The lowest BCUT2D eigenvalue weighted by Crippen LogP contribution is -2.50. The summed E-state index contributed by atoms with van der Waals surface area (Å²) >= 11 is 6.30. The second-order valence-corrected chi connectivity index (χ2v) is 9.98.